The first-order valence-corrected chi connectivity index (χ1v) is 14.3. The van der Waals surface area contributed by atoms with Gasteiger partial charge in [0.2, 0.25) is 10.0 Å². The number of amides is 1. The van der Waals surface area contributed by atoms with Gasteiger partial charge in [-0.2, -0.15) is 0 Å². The molecule has 15 heteroatoms. The number of fused-ring (bicyclic) bond motifs is 1. The first-order chi connectivity index (χ1) is 17.6. The molecule has 0 unspecified atom stereocenters. The lowest BCUT2D eigenvalue weighted by molar-refractivity contribution is -0.147. The predicted molar refractivity (Wildman–Crippen MR) is 130 cm³/mol. The van der Waals surface area contributed by atoms with E-state index in [0.717, 1.165) is 30.6 Å². The number of carbonyl (C=O) groups excluding carboxylic acids is 1. The Bertz CT molecular complexity index is 1470. The first-order valence-electron chi connectivity index (χ1n) is 12.0. The van der Waals surface area contributed by atoms with Crippen LogP contribution in [-0.4, -0.2) is 83.2 Å². The van der Waals surface area contributed by atoms with Crippen LogP contribution in [0.2, 0.25) is 0 Å². The Labute approximate surface area is 215 Å². The highest BCUT2D eigenvalue weighted by molar-refractivity contribution is 7.89. The molecule has 0 radical (unpaired) electrons. The van der Waals surface area contributed by atoms with Crippen LogP contribution in [0.3, 0.4) is 0 Å². The van der Waals surface area contributed by atoms with Crippen molar-refractivity contribution in [3.8, 4) is 10.7 Å². The van der Waals surface area contributed by atoms with Crippen molar-refractivity contribution >= 4 is 38.6 Å². The van der Waals surface area contributed by atoms with Crippen molar-refractivity contribution in [3.05, 3.63) is 23.5 Å². The van der Waals surface area contributed by atoms with Crippen molar-refractivity contribution in [2.45, 2.75) is 49.2 Å². The van der Waals surface area contributed by atoms with Crippen molar-refractivity contribution in [2.75, 3.05) is 37.7 Å². The van der Waals surface area contributed by atoms with Gasteiger partial charge in [-0.25, -0.2) is 26.9 Å². The van der Waals surface area contributed by atoms with Crippen molar-refractivity contribution < 1.29 is 26.7 Å². The SMILES string of the molecule is CC1(NS(=O)(=O)c2cc(N3CCO[C@H](C(=O)N4CCC4)C3)c3ncc(-c4nnc(C(F)F)s4)n3c2)CC1. The van der Waals surface area contributed by atoms with Gasteiger partial charge in [-0.3, -0.25) is 9.20 Å². The zero-order chi connectivity index (χ0) is 25.9. The minimum Gasteiger partial charge on any atom is -0.365 e. The van der Waals surface area contributed by atoms with Crippen LogP contribution in [0.1, 0.15) is 37.6 Å². The van der Waals surface area contributed by atoms with Crippen molar-refractivity contribution in [3.63, 3.8) is 0 Å². The minimum absolute atomic E-state index is 0.00177. The Balaban J connectivity index is 1.43. The molecule has 3 aromatic rings. The van der Waals surface area contributed by atoms with Gasteiger partial charge in [0.15, 0.2) is 21.8 Å². The average molecular weight is 554 g/mol. The number of rotatable bonds is 7. The largest absolute Gasteiger partial charge is 0.365 e. The molecular weight excluding hydrogens is 528 g/mol. The van der Waals surface area contributed by atoms with Crippen LogP contribution in [0.5, 0.6) is 0 Å². The highest BCUT2D eigenvalue weighted by Gasteiger charge is 2.42. The molecule has 2 saturated heterocycles. The normalized spacial score (nSPS) is 21.5. The van der Waals surface area contributed by atoms with Crippen LogP contribution >= 0.6 is 11.3 Å². The lowest BCUT2D eigenvalue weighted by Gasteiger charge is -2.39. The molecule has 0 bridgehead atoms. The molecule has 37 heavy (non-hydrogen) atoms. The summed E-state index contributed by atoms with van der Waals surface area (Å²) in [5, 5.41) is 7.20. The fraction of sp³-hybridized carbons (Fsp3) is 0.545. The lowest BCUT2D eigenvalue weighted by atomic mass is 10.1. The van der Waals surface area contributed by atoms with Crippen molar-refractivity contribution in [1.29, 1.82) is 0 Å². The van der Waals surface area contributed by atoms with Gasteiger partial charge in [-0.05, 0) is 32.3 Å². The molecule has 1 N–H and O–H groups in total. The first kappa shape index (κ1) is 24.6. The van der Waals surface area contributed by atoms with Gasteiger partial charge in [0.25, 0.3) is 12.3 Å². The van der Waals surface area contributed by atoms with Gasteiger partial charge >= 0.3 is 0 Å². The van der Waals surface area contributed by atoms with E-state index in [1.165, 1.54) is 16.8 Å². The Kier molecular flexibility index (Phi) is 5.93. The standard InChI is InChI=1S/C22H25F2N7O4S2/c1-22(3-4-22)28-37(33,34)13-9-14(30-7-8-35-16(12-30)21(32)29-5-2-6-29)18-25-10-15(31(18)11-13)19-26-27-20(36-19)17(23)24/h9-11,16-17,28H,2-8,12H2,1H3/t16-/m0/s1. The zero-order valence-corrected chi connectivity index (χ0v) is 21.6. The fourth-order valence-corrected chi connectivity index (χ4v) is 6.63. The Hall–Kier alpha value is -2.75. The summed E-state index contributed by atoms with van der Waals surface area (Å²) in [7, 11) is -3.92. The van der Waals surface area contributed by atoms with E-state index in [-0.39, 0.29) is 29.0 Å². The van der Waals surface area contributed by atoms with Crippen LogP contribution in [-0.2, 0) is 19.6 Å². The molecule has 1 saturated carbocycles. The maximum Gasteiger partial charge on any atom is 0.291 e. The van der Waals surface area contributed by atoms with Gasteiger partial charge in [-0.15, -0.1) is 10.2 Å². The maximum absolute atomic E-state index is 13.4. The molecule has 5 heterocycles. The molecule has 3 fully saturated rings. The molecule has 3 aliphatic rings. The molecule has 198 valence electrons. The molecule has 0 spiro atoms. The second-order valence-electron chi connectivity index (χ2n) is 9.79. The van der Waals surface area contributed by atoms with E-state index in [2.05, 4.69) is 19.9 Å². The van der Waals surface area contributed by atoms with Crippen LogP contribution < -0.4 is 9.62 Å². The summed E-state index contributed by atoms with van der Waals surface area (Å²) in [5.74, 6) is -0.0866. The number of ether oxygens (including phenoxy) is 1. The molecule has 3 aromatic heterocycles. The number of morpholine rings is 1. The summed E-state index contributed by atoms with van der Waals surface area (Å²) in [4.78, 5) is 20.9. The summed E-state index contributed by atoms with van der Waals surface area (Å²) < 4.78 is 63.1. The topological polar surface area (TPSA) is 122 Å². The van der Waals surface area contributed by atoms with E-state index >= 15 is 0 Å². The number of anilines is 1. The Morgan fingerprint density at radius 3 is 2.70 bits per heavy atom. The molecule has 1 atom stereocenters. The van der Waals surface area contributed by atoms with Crippen molar-refractivity contribution in [2.24, 2.45) is 0 Å². The maximum atomic E-state index is 13.4. The molecule has 6 rings (SSSR count). The number of carbonyl (C=O) groups is 1. The molecule has 1 amide bonds. The summed E-state index contributed by atoms with van der Waals surface area (Å²) in [6, 6.07) is 1.54. The number of imidazole rings is 1. The predicted octanol–water partition coefficient (Wildman–Crippen LogP) is 2.06. The van der Waals surface area contributed by atoms with Gasteiger partial charge in [0, 0.05) is 31.4 Å². The van der Waals surface area contributed by atoms with E-state index in [0.29, 0.717) is 36.7 Å². The number of nitrogens with one attached hydrogen (secondary N) is 1. The number of nitrogens with zero attached hydrogens (tertiary/aromatic N) is 6. The third-order valence-electron chi connectivity index (χ3n) is 6.95. The van der Waals surface area contributed by atoms with Gasteiger partial charge in [-0.1, -0.05) is 11.3 Å². The van der Waals surface area contributed by atoms with Gasteiger partial charge < -0.3 is 14.5 Å². The zero-order valence-electron chi connectivity index (χ0n) is 19.9. The van der Waals surface area contributed by atoms with Crippen LogP contribution in [0, 0.1) is 0 Å². The van der Waals surface area contributed by atoms with Gasteiger partial charge in [0.05, 0.1) is 25.0 Å². The third kappa shape index (κ3) is 4.57. The Morgan fingerprint density at radius 1 is 1.27 bits per heavy atom. The fourth-order valence-electron chi connectivity index (χ4n) is 4.44. The van der Waals surface area contributed by atoms with Gasteiger partial charge in [0.1, 0.15) is 10.6 Å². The summed E-state index contributed by atoms with van der Waals surface area (Å²) in [6.07, 6.45) is 1.87. The smallest absolute Gasteiger partial charge is 0.291 e. The van der Waals surface area contributed by atoms with Crippen LogP contribution in [0.25, 0.3) is 16.3 Å². The second-order valence-corrected chi connectivity index (χ2v) is 12.5. The number of likely N-dealkylation sites (tertiary alicyclic amines) is 1. The molecular formula is C22H25F2N7O4S2. The number of aromatic nitrogens is 4. The van der Waals surface area contributed by atoms with E-state index in [4.69, 9.17) is 4.74 Å². The lowest BCUT2D eigenvalue weighted by Crippen LogP contribution is -2.54. The number of alkyl halides is 2. The number of halogens is 2. The highest BCUT2D eigenvalue weighted by atomic mass is 32.2. The molecule has 2 aliphatic heterocycles. The number of sulfonamides is 1. The number of hydrogen-bond donors (Lipinski definition) is 1. The van der Waals surface area contributed by atoms with Crippen LogP contribution in [0.15, 0.2) is 23.4 Å². The molecule has 0 aromatic carbocycles. The highest BCUT2D eigenvalue weighted by Crippen LogP contribution is 2.37. The number of pyridine rings is 1. The number of hydrogen-bond acceptors (Lipinski definition) is 9. The monoisotopic (exact) mass is 553 g/mol. The molecule has 11 nitrogen and oxygen atoms in total. The average Bonchev–Trinajstić information content (AvgIpc) is 3.22. The second kappa shape index (κ2) is 8.92. The quantitative estimate of drug-likeness (QED) is 0.472. The van der Waals surface area contributed by atoms with E-state index in [1.807, 2.05) is 11.8 Å². The minimum atomic E-state index is -3.92. The Morgan fingerprint density at radius 2 is 2.05 bits per heavy atom. The third-order valence-corrected chi connectivity index (χ3v) is 9.51. The van der Waals surface area contributed by atoms with E-state index < -0.39 is 33.1 Å². The summed E-state index contributed by atoms with van der Waals surface area (Å²) in [6.45, 7) is 4.18. The summed E-state index contributed by atoms with van der Waals surface area (Å²) in [5.41, 5.74) is 0.762. The molecule has 1 aliphatic carbocycles. The van der Waals surface area contributed by atoms with E-state index in [1.54, 1.807) is 11.0 Å². The van der Waals surface area contributed by atoms with Crippen LogP contribution in [0.4, 0.5) is 14.5 Å². The van der Waals surface area contributed by atoms with E-state index in [9.17, 15) is 22.0 Å². The van der Waals surface area contributed by atoms with Crippen molar-refractivity contribution in [1.82, 2.24) is 29.2 Å². The summed E-state index contributed by atoms with van der Waals surface area (Å²) >= 11 is 0.723.